The average Bonchev–Trinajstić information content (AvgIpc) is 3.02. The summed E-state index contributed by atoms with van der Waals surface area (Å²) in [5.74, 6) is -1.73. The van der Waals surface area contributed by atoms with Crippen LogP contribution in [0.2, 0.25) is 0 Å². The van der Waals surface area contributed by atoms with Crippen LogP contribution >= 0.6 is 11.3 Å². The summed E-state index contributed by atoms with van der Waals surface area (Å²) >= 11 is 1.16. The van der Waals surface area contributed by atoms with Gasteiger partial charge in [0.2, 0.25) is 10.0 Å². The van der Waals surface area contributed by atoms with Gasteiger partial charge in [0.15, 0.2) is 6.10 Å². The Morgan fingerprint density at radius 2 is 2.00 bits per heavy atom. The fourth-order valence-electron chi connectivity index (χ4n) is 2.06. The van der Waals surface area contributed by atoms with Crippen molar-refractivity contribution in [3.63, 3.8) is 0 Å². The van der Waals surface area contributed by atoms with E-state index in [-0.39, 0.29) is 12.2 Å². The number of anilines is 1. The maximum atomic E-state index is 13.1. The van der Waals surface area contributed by atoms with Gasteiger partial charge in [-0.05, 0) is 43.7 Å². The molecule has 2 aromatic rings. The normalized spacial score (nSPS) is 12.4. The number of thiophene rings is 1. The van der Waals surface area contributed by atoms with Crippen molar-refractivity contribution in [1.82, 2.24) is 4.72 Å². The third-order valence-corrected chi connectivity index (χ3v) is 5.20. The SMILES string of the molecule is CC(OC(=O)c1ccc(CCNS(C)(=O)=O)s1)C(=O)Nc1cccc(F)c1. The lowest BCUT2D eigenvalue weighted by Gasteiger charge is -2.13. The summed E-state index contributed by atoms with van der Waals surface area (Å²) in [5, 5.41) is 2.47. The molecular weight excluding hydrogens is 395 g/mol. The number of benzene rings is 1. The van der Waals surface area contributed by atoms with Gasteiger partial charge in [-0.3, -0.25) is 4.79 Å². The zero-order valence-electron chi connectivity index (χ0n) is 14.7. The standard InChI is InChI=1S/C17H19FN2O5S2/c1-11(16(21)20-13-5-3-4-12(18)10-13)25-17(22)15-7-6-14(26-15)8-9-19-27(2,23)24/h3-7,10-11,19H,8-9H2,1-2H3,(H,20,21). The predicted molar refractivity (Wildman–Crippen MR) is 101 cm³/mol. The van der Waals surface area contributed by atoms with E-state index in [0.29, 0.717) is 11.3 Å². The van der Waals surface area contributed by atoms with E-state index in [0.717, 1.165) is 28.5 Å². The highest BCUT2D eigenvalue weighted by Gasteiger charge is 2.20. The lowest BCUT2D eigenvalue weighted by Crippen LogP contribution is -2.29. The summed E-state index contributed by atoms with van der Waals surface area (Å²) in [6.45, 7) is 1.64. The van der Waals surface area contributed by atoms with Gasteiger partial charge in [-0.1, -0.05) is 6.07 Å². The number of ether oxygens (including phenoxy) is 1. The van der Waals surface area contributed by atoms with Gasteiger partial charge >= 0.3 is 5.97 Å². The van der Waals surface area contributed by atoms with E-state index in [9.17, 15) is 22.4 Å². The molecule has 1 heterocycles. The summed E-state index contributed by atoms with van der Waals surface area (Å²) in [4.78, 5) is 25.3. The van der Waals surface area contributed by atoms with Crippen LogP contribution in [0.25, 0.3) is 0 Å². The first kappa shape index (κ1) is 21.0. The highest BCUT2D eigenvalue weighted by atomic mass is 32.2. The number of halogens is 1. The van der Waals surface area contributed by atoms with E-state index < -0.39 is 33.8 Å². The van der Waals surface area contributed by atoms with Crippen molar-refractivity contribution >= 4 is 38.9 Å². The molecule has 0 bridgehead atoms. The average molecular weight is 414 g/mol. The molecule has 0 aliphatic heterocycles. The smallest absolute Gasteiger partial charge is 0.349 e. The highest BCUT2D eigenvalue weighted by Crippen LogP contribution is 2.19. The largest absolute Gasteiger partial charge is 0.448 e. The van der Waals surface area contributed by atoms with Crippen LogP contribution in [0.5, 0.6) is 0 Å². The second kappa shape index (κ2) is 9.07. The molecule has 0 fully saturated rings. The molecule has 0 aliphatic carbocycles. The number of carbonyl (C=O) groups excluding carboxylic acids is 2. The fourth-order valence-corrected chi connectivity index (χ4v) is 3.43. The monoisotopic (exact) mass is 414 g/mol. The number of esters is 1. The molecule has 2 rings (SSSR count). The topological polar surface area (TPSA) is 102 Å². The molecule has 0 spiro atoms. The molecule has 1 amide bonds. The van der Waals surface area contributed by atoms with Crippen molar-refractivity contribution in [3.05, 3.63) is 52.0 Å². The molecule has 1 aromatic heterocycles. The third-order valence-electron chi connectivity index (χ3n) is 3.34. The number of carbonyl (C=O) groups is 2. The number of amides is 1. The van der Waals surface area contributed by atoms with Crippen molar-refractivity contribution in [2.75, 3.05) is 18.1 Å². The van der Waals surface area contributed by atoms with E-state index >= 15 is 0 Å². The Kier molecular flexibility index (Phi) is 7.05. The summed E-state index contributed by atoms with van der Waals surface area (Å²) < 4.78 is 42.7. The van der Waals surface area contributed by atoms with E-state index in [2.05, 4.69) is 10.0 Å². The molecule has 146 valence electrons. The molecule has 1 atom stereocenters. The van der Waals surface area contributed by atoms with Crippen molar-refractivity contribution < 1.29 is 27.1 Å². The minimum atomic E-state index is -3.26. The number of nitrogens with one attached hydrogen (secondary N) is 2. The minimum Gasteiger partial charge on any atom is -0.448 e. The van der Waals surface area contributed by atoms with E-state index in [1.165, 1.54) is 25.1 Å². The molecule has 1 aromatic carbocycles. The van der Waals surface area contributed by atoms with Gasteiger partial charge in [-0.2, -0.15) is 0 Å². The molecule has 0 saturated heterocycles. The van der Waals surface area contributed by atoms with Gasteiger partial charge in [-0.25, -0.2) is 22.3 Å². The lowest BCUT2D eigenvalue weighted by molar-refractivity contribution is -0.123. The Hall–Kier alpha value is -2.30. The van der Waals surface area contributed by atoms with Crippen LogP contribution in [0.1, 0.15) is 21.5 Å². The Bertz CT molecular complexity index is 927. The molecule has 10 heteroatoms. The van der Waals surface area contributed by atoms with Gasteiger partial charge in [0.25, 0.3) is 5.91 Å². The van der Waals surface area contributed by atoms with Crippen LogP contribution in [-0.2, 0) is 26.0 Å². The van der Waals surface area contributed by atoms with Gasteiger partial charge in [0.05, 0.1) is 6.26 Å². The Balaban J connectivity index is 1.87. The molecule has 0 radical (unpaired) electrons. The fraction of sp³-hybridized carbons (Fsp3) is 0.294. The van der Waals surface area contributed by atoms with Crippen molar-refractivity contribution in [1.29, 1.82) is 0 Å². The van der Waals surface area contributed by atoms with Crippen LogP contribution in [0.15, 0.2) is 36.4 Å². The van der Waals surface area contributed by atoms with Crippen LogP contribution in [0.4, 0.5) is 10.1 Å². The van der Waals surface area contributed by atoms with Crippen LogP contribution in [0, 0.1) is 5.82 Å². The summed E-state index contributed by atoms with van der Waals surface area (Å²) in [6.07, 6.45) is 0.430. The first-order valence-electron chi connectivity index (χ1n) is 7.95. The lowest BCUT2D eigenvalue weighted by atomic mass is 10.3. The van der Waals surface area contributed by atoms with Crippen molar-refractivity contribution in [2.45, 2.75) is 19.4 Å². The Morgan fingerprint density at radius 3 is 2.67 bits per heavy atom. The molecule has 27 heavy (non-hydrogen) atoms. The van der Waals surface area contributed by atoms with E-state index in [1.807, 2.05) is 0 Å². The first-order valence-corrected chi connectivity index (χ1v) is 10.7. The van der Waals surface area contributed by atoms with Crippen LogP contribution in [0.3, 0.4) is 0 Å². The second-order valence-corrected chi connectivity index (χ2v) is 8.73. The van der Waals surface area contributed by atoms with Crippen LogP contribution in [-0.4, -0.2) is 39.2 Å². The van der Waals surface area contributed by atoms with Gasteiger partial charge < -0.3 is 10.1 Å². The van der Waals surface area contributed by atoms with Gasteiger partial charge in [0.1, 0.15) is 10.7 Å². The van der Waals surface area contributed by atoms with Crippen molar-refractivity contribution in [3.8, 4) is 0 Å². The maximum Gasteiger partial charge on any atom is 0.349 e. The number of rotatable bonds is 8. The van der Waals surface area contributed by atoms with E-state index in [1.54, 1.807) is 12.1 Å². The summed E-state index contributed by atoms with van der Waals surface area (Å²) in [6, 6.07) is 8.63. The minimum absolute atomic E-state index is 0.222. The summed E-state index contributed by atoms with van der Waals surface area (Å²) in [5.41, 5.74) is 0.264. The second-order valence-electron chi connectivity index (χ2n) is 5.73. The molecule has 7 nitrogen and oxygen atoms in total. The number of hydrogen-bond acceptors (Lipinski definition) is 6. The number of hydrogen-bond donors (Lipinski definition) is 2. The van der Waals surface area contributed by atoms with Crippen molar-refractivity contribution in [2.24, 2.45) is 0 Å². The predicted octanol–water partition coefficient (Wildman–Crippen LogP) is 2.16. The van der Waals surface area contributed by atoms with Gasteiger partial charge in [0, 0.05) is 17.1 Å². The first-order chi connectivity index (χ1) is 12.6. The number of sulfonamides is 1. The van der Waals surface area contributed by atoms with Crippen LogP contribution < -0.4 is 10.0 Å². The molecule has 2 N–H and O–H groups in total. The molecule has 1 unspecified atom stereocenters. The molecule has 0 saturated carbocycles. The third kappa shape index (κ3) is 7.08. The maximum absolute atomic E-state index is 13.1. The van der Waals surface area contributed by atoms with E-state index in [4.69, 9.17) is 4.74 Å². The molecule has 0 aliphatic rings. The zero-order valence-corrected chi connectivity index (χ0v) is 16.3. The zero-order chi connectivity index (χ0) is 20.0. The molecular formula is C17H19FN2O5S2. The summed E-state index contributed by atoms with van der Waals surface area (Å²) in [7, 11) is -3.26. The Morgan fingerprint density at radius 1 is 1.26 bits per heavy atom. The Labute approximate surface area is 160 Å². The quantitative estimate of drug-likeness (QED) is 0.645. The highest BCUT2D eigenvalue weighted by molar-refractivity contribution is 7.88. The van der Waals surface area contributed by atoms with Gasteiger partial charge in [-0.15, -0.1) is 11.3 Å².